The van der Waals surface area contributed by atoms with E-state index < -0.39 is 5.97 Å². The maximum atomic E-state index is 11.9. The first kappa shape index (κ1) is 14.2. The van der Waals surface area contributed by atoms with Gasteiger partial charge >= 0.3 is 5.97 Å². The number of aromatic nitrogens is 1. The average molecular weight is 290 g/mol. The number of carboxylic acids is 1. The molecule has 0 aliphatic carbocycles. The number of thiazole rings is 1. The number of hydrogen-bond acceptors (Lipinski definition) is 4. The molecule has 0 spiro atoms. The number of aromatic carboxylic acids is 1. The molecule has 0 aliphatic rings. The molecule has 0 atom stereocenters. The zero-order chi connectivity index (χ0) is 14.7. The predicted molar refractivity (Wildman–Crippen MR) is 77.3 cm³/mol. The molecule has 1 heterocycles. The van der Waals surface area contributed by atoms with Gasteiger partial charge in [-0.3, -0.25) is 4.79 Å². The van der Waals surface area contributed by atoms with E-state index in [1.54, 1.807) is 6.92 Å². The minimum absolute atomic E-state index is 0.0761. The lowest BCUT2D eigenvalue weighted by Crippen LogP contribution is -2.14. The van der Waals surface area contributed by atoms with Gasteiger partial charge in [0, 0.05) is 5.69 Å². The lowest BCUT2D eigenvalue weighted by molar-refractivity contribution is -0.115. The topological polar surface area (TPSA) is 79.3 Å². The number of benzene rings is 1. The van der Waals surface area contributed by atoms with Crippen LogP contribution in [0.1, 0.15) is 25.9 Å². The van der Waals surface area contributed by atoms with Crippen molar-refractivity contribution in [1.29, 1.82) is 0 Å². The number of amides is 1. The normalized spacial score (nSPS) is 10.3. The van der Waals surface area contributed by atoms with Gasteiger partial charge in [0.25, 0.3) is 0 Å². The Balaban J connectivity index is 2.03. The summed E-state index contributed by atoms with van der Waals surface area (Å²) < 4.78 is 0. The molecule has 1 amide bonds. The van der Waals surface area contributed by atoms with Gasteiger partial charge in [0.15, 0.2) is 0 Å². The molecule has 1 aromatic heterocycles. The third-order valence-electron chi connectivity index (χ3n) is 2.68. The number of carbonyl (C=O) groups is 2. The molecule has 0 bridgehead atoms. The molecular weight excluding hydrogens is 276 g/mol. The summed E-state index contributed by atoms with van der Waals surface area (Å²) in [6.07, 6.45) is 0.0761. The van der Waals surface area contributed by atoms with Gasteiger partial charge in [-0.25, -0.2) is 9.78 Å². The van der Waals surface area contributed by atoms with Crippen LogP contribution in [-0.2, 0) is 11.2 Å². The van der Waals surface area contributed by atoms with E-state index in [4.69, 9.17) is 5.11 Å². The maximum Gasteiger partial charge on any atom is 0.347 e. The van der Waals surface area contributed by atoms with Gasteiger partial charge in [-0.1, -0.05) is 17.7 Å². The Morgan fingerprint density at radius 3 is 2.45 bits per heavy atom. The number of carbonyl (C=O) groups excluding carboxylic acids is 1. The molecule has 0 saturated carbocycles. The molecule has 2 rings (SSSR count). The van der Waals surface area contributed by atoms with Gasteiger partial charge in [0.1, 0.15) is 9.88 Å². The first-order valence-electron chi connectivity index (χ1n) is 6.02. The third kappa shape index (κ3) is 3.42. The third-order valence-corrected chi connectivity index (χ3v) is 3.83. The number of hydrogen-bond donors (Lipinski definition) is 2. The van der Waals surface area contributed by atoms with Crippen molar-refractivity contribution in [2.75, 3.05) is 5.32 Å². The van der Waals surface area contributed by atoms with Crippen LogP contribution in [-0.4, -0.2) is 22.0 Å². The van der Waals surface area contributed by atoms with Crippen molar-refractivity contribution < 1.29 is 14.7 Å². The lowest BCUT2D eigenvalue weighted by atomic mass is 10.2. The van der Waals surface area contributed by atoms with Gasteiger partial charge in [-0.05, 0) is 26.0 Å². The van der Waals surface area contributed by atoms with Gasteiger partial charge in [0.05, 0.1) is 12.1 Å². The Bertz CT molecular complexity index is 647. The second kappa shape index (κ2) is 5.83. The Hall–Kier alpha value is -2.21. The van der Waals surface area contributed by atoms with Crippen LogP contribution in [0.2, 0.25) is 0 Å². The number of anilines is 1. The van der Waals surface area contributed by atoms with E-state index in [-0.39, 0.29) is 17.2 Å². The number of aryl methyl sites for hydroxylation is 2. The highest BCUT2D eigenvalue weighted by Gasteiger charge is 2.15. The molecule has 0 saturated heterocycles. The summed E-state index contributed by atoms with van der Waals surface area (Å²) in [6, 6.07) is 7.46. The van der Waals surface area contributed by atoms with Crippen LogP contribution in [0, 0.1) is 13.8 Å². The fourth-order valence-corrected chi connectivity index (χ4v) is 2.61. The summed E-state index contributed by atoms with van der Waals surface area (Å²) in [5.74, 6) is -1.22. The Morgan fingerprint density at radius 1 is 1.25 bits per heavy atom. The van der Waals surface area contributed by atoms with Crippen LogP contribution >= 0.6 is 11.3 Å². The number of nitrogens with zero attached hydrogens (tertiary/aromatic N) is 1. The van der Waals surface area contributed by atoms with Crippen molar-refractivity contribution >= 4 is 28.9 Å². The van der Waals surface area contributed by atoms with Crippen molar-refractivity contribution in [3.63, 3.8) is 0 Å². The van der Waals surface area contributed by atoms with Gasteiger partial charge in [-0.15, -0.1) is 11.3 Å². The molecule has 1 aromatic carbocycles. The highest BCUT2D eigenvalue weighted by Crippen LogP contribution is 2.19. The van der Waals surface area contributed by atoms with Crippen molar-refractivity contribution in [3.05, 3.63) is 45.4 Å². The van der Waals surface area contributed by atoms with E-state index in [9.17, 15) is 9.59 Å². The van der Waals surface area contributed by atoms with Crippen molar-refractivity contribution in [1.82, 2.24) is 4.98 Å². The van der Waals surface area contributed by atoms with Crippen molar-refractivity contribution in [2.45, 2.75) is 20.3 Å². The molecule has 5 nitrogen and oxygen atoms in total. The van der Waals surface area contributed by atoms with Crippen molar-refractivity contribution in [2.24, 2.45) is 0 Å². The Morgan fingerprint density at radius 2 is 1.90 bits per heavy atom. The summed E-state index contributed by atoms with van der Waals surface area (Å²) >= 11 is 1.04. The first-order chi connectivity index (χ1) is 9.45. The van der Waals surface area contributed by atoms with E-state index in [0.29, 0.717) is 16.4 Å². The molecule has 2 N–H and O–H groups in total. The van der Waals surface area contributed by atoms with Gasteiger partial charge < -0.3 is 10.4 Å². The Labute approximate surface area is 120 Å². The van der Waals surface area contributed by atoms with E-state index in [0.717, 1.165) is 16.9 Å². The van der Waals surface area contributed by atoms with Crippen LogP contribution in [0.4, 0.5) is 5.69 Å². The quantitative estimate of drug-likeness (QED) is 0.907. The molecule has 0 fully saturated rings. The van der Waals surface area contributed by atoms with Crippen LogP contribution in [0.15, 0.2) is 24.3 Å². The number of rotatable bonds is 4. The fraction of sp³-hybridized carbons (Fsp3) is 0.214. The number of carboxylic acid groups (broad SMARTS) is 1. The first-order valence-corrected chi connectivity index (χ1v) is 6.83. The van der Waals surface area contributed by atoms with Crippen molar-refractivity contribution in [3.8, 4) is 0 Å². The largest absolute Gasteiger partial charge is 0.477 e. The highest BCUT2D eigenvalue weighted by molar-refractivity contribution is 7.13. The minimum atomic E-state index is -1.01. The molecule has 0 unspecified atom stereocenters. The van der Waals surface area contributed by atoms with Crippen LogP contribution in [0.5, 0.6) is 0 Å². The summed E-state index contributed by atoms with van der Waals surface area (Å²) in [5, 5.41) is 12.2. The fourth-order valence-electron chi connectivity index (χ4n) is 1.71. The molecule has 0 radical (unpaired) electrons. The SMILES string of the molecule is Cc1ccc(NC(=O)Cc2nc(C)c(C(=O)O)s2)cc1. The minimum Gasteiger partial charge on any atom is -0.477 e. The van der Waals surface area contributed by atoms with E-state index in [2.05, 4.69) is 10.3 Å². The summed E-state index contributed by atoms with van der Waals surface area (Å²) in [4.78, 5) is 27.1. The second-order valence-electron chi connectivity index (χ2n) is 4.42. The summed E-state index contributed by atoms with van der Waals surface area (Å²) in [5.41, 5.74) is 2.28. The average Bonchev–Trinajstić information content (AvgIpc) is 2.73. The molecule has 104 valence electrons. The summed E-state index contributed by atoms with van der Waals surface area (Å²) in [6.45, 7) is 3.60. The summed E-state index contributed by atoms with van der Waals surface area (Å²) in [7, 11) is 0. The monoisotopic (exact) mass is 290 g/mol. The predicted octanol–water partition coefficient (Wildman–Crippen LogP) is 2.64. The van der Waals surface area contributed by atoms with Gasteiger partial charge in [0.2, 0.25) is 5.91 Å². The molecule has 6 heteroatoms. The van der Waals surface area contributed by atoms with Crippen LogP contribution in [0.3, 0.4) is 0 Å². The highest BCUT2D eigenvalue weighted by atomic mass is 32.1. The van der Waals surface area contributed by atoms with Crippen LogP contribution < -0.4 is 5.32 Å². The molecular formula is C14H14N2O3S. The zero-order valence-corrected chi connectivity index (χ0v) is 12.0. The van der Waals surface area contributed by atoms with E-state index in [1.165, 1.54) is 0 Å². The maximum absolute atomic E-state index is 11.9. The molecule has 20 heavy (non-hydrogen) atoms. The number of nitrogens with one attached hydrogen (secondary N) is 1. The lowest BCUT2D eigenvalue weighted by Gasteiger charge is -2.03. The van der Waals surface area contributed by atoms with E-state index >= 15 is 0 Å². The van der Waals surface area contributed by atoms with Gasteiger partial charge in [-0.2, -0.15) is 0 Å². The zero-order valence-electron chi connectivity index (χ0n) is 11.1. The molecule has 2 aromatic rings. The van der Waals surface area contributed by atoms with E-state index in [1.807, 2.05) is 31.2 Å². The Kier molecular flexibility index (Phi) is 4.14. The van der Waals surface area contributed by atoms with Crippen LogP contribution in [0.25, 0.3) is 0 Å². The molecule has 0 aliphatic heterocycles. The smallest absolute Gasteiger partial charge is 0.347 e. The standard InChI is InChI=1S/C14H14N2O3S/c1-8-3-5-10(6-4-8)16-11(17)7-12-15-9(2)13(20-12)14(18)19/h3-6H,7H2,1-2H3,(H,16,17)(H,18,19). The second-order valence-corrected chi connectivity index (χ2v) is 5.50.